The Kier molecular flexibility index (Phi) is 5.72. The van der Waals surface area contributed by atoms with Crippen molar-refractivity contribution in [2.45, 2.75) is 0 Å². The molecule has 0 N–H and O–H groups in total. The van der Waals surface area contributed by atoms with Gasteiger partial charge in [0.25, 0.3) is 0 Å². The van der Waals surface area contributed by atoms with Crippen LogP contribution in [-0.2, 0) is 0 Å². The first-order valence-corrected chi connectivity index (χ1v) is 14.3. The van der Waals surface area contributed by atoms with Crippen molar-refractivity contribution in [2.24, 2.45) is 0 Å². The van der Waals surface area contributed by atoms with Crippen LogP contribution in [0.25, 0.3) is 66.1 Å². The van der Waals surface area contributed by atoms with Gasteiger partial charge in [0, 0.05) is 27.2 Å². The lowest BCUT2D eigenvalue weighted by molar-refractivity contribution is 0.415. The lowest BCUT2D eigenvalue weighted by atomic mass is 9.97. The molecule has 44 heavy (non-hydrogen) atoms. The second-order valence-electron chi connectivity index (χ2n) is 10.8. The second-order valence-corrected chi connectivity index (χ2v) is 10.8. The number of para-hydroxylation sites is 2. The van der Waals surface area contributed by atoms with Crippen LogP contribution in [0.2, 0.25) is 0 Å². The van der Waals surface area contributed by atoms with Gasteiger partial charge in [-0.15, -0.1) is 0 Å². The fourth-order valence-corrected chi connectivity index (χ4v) is 6.56. The van der Waals surface area contributed by atoms with E-state index in [1.54, 1.807) is 19.2 Å². The molecule has 0 radical (unpaired) electrons. The lowest BCUT2D eigenvalue weighted by Gasteiger charge is -2.11. The molecule has 0 saturated carbocycles. The largest absolute Gasteiger partial charge is 0.497 e. The summed E-state index contributed by atoms with van der Waals surface area (Å²) in [5.41, 5.74) is 9.18. The van der Waals surface area contributed by atoms with Crippen molar-refractivity contribution in [3.8, 4) is 40.4 Å². The highest BCUT2D eigenvalue weighted by Crippen LogP contribution is 2.42. The number of benzene rings is 6. The fourth-order valence-electron chi connectivity index (χ4n) is 6.56. The van der Waals surface area contributed by atoms with Crippen LogP contribution < -0.4 is 4.74 Å². The Hall–Kier alpha value is -6.30. The van der Waals surface area contributed by atoms with E-state index in [1.807, 2.05) is 24.3 Å². The highest BCUT2D eigenvalue weighted by Gasteiger charge is 2.20. The van der Waals surface area contributed by atoms with Crippen molar-refractivity contribution in [3.63, 3.8) is 0 Å². The quantitative estimate of drug-likeness (QED) is 0.214. The molecule has 8 rings (SSSR count). The van der Waals surface area contributed by atoms with Crippen molar-refractivity contribution in [1.29, 1.82) is 10.5 Å². The first kappa shape index (κ1) is 25.4. The van der Waals surface area contributed by atoms with E-state index in [0.717, 1.165) is 61.1 Å². The third-order valence-corrected chi connectivity index (χ3v) is 8.48. The molecule has 0 spiro atoms. The van der Waals surface area contributed by atoms with Crippen LogP contribution >= 0.6 is 0 Å². The van der Waals surface area contributed by atoms with E-state index in [1.165, 1.54) is 10.8 Å². The summed E-state index contributed by atoms with van der Waals surface area (Å²) in [6, 6.07) is 47.8. The summed E-state index contributed by atoms with van der Waals surface area (Å²) in [6.07, 6.45) is 0. The van der Waals surface area contributed by atoms with Crippen molar-refractivity contribution >= 4 is 43.6 Å². The third kappa shape index (κ3) is 3.71. The summed E-state index contributed by atoms with van der Waals surface area (Å²) in [5.74, 6) is 0.757. The predicted octanol–water partition coefficient (Wildman–Crippen LogP) is 9.30. The zero-order chi connectivity index (χ0) is 29.8. The summed E-state index contributed by atoms with van der Waals surface area (Å²) in [4.78, 5) is 0. The molecular formula is C39H24N4O. The Bertz CT molecular complexity index is 2510. The average molecular weight is 565 g/mol. The number of nitriles is 2. The summed E-state index contributed by atoms with van der Waals surface area (Å²) in [7, 11) is 1.67. The van der Waals surface area contributed by atoms with Crippen LogP contribution in [0.4, 0.5) is 0 Å². The van der Waals surface area contributed by atoms with Crippen LogP contribution in [0.1, 0.15) is 11.1 Å². The van der Waals surface area contributed by atoms with Crippen molar-refractivity contribution < 1.29 is 4.74 Å². The molecule has 5 heteroatoms. The summed E-state index contributed by atoms with van der Waals surface area (Å²) in [6.45, 7) is 0. The average Bonchev–Trinajstić information content (AvgIpc) is 3.60. The maximum atomic E-state index is 10.1. The summed E-state index contributed by atoms with van der Waals surface area (Å²) in [5, 5.41) is 24.0. The summed E-state index contributed by atoms with van der Waals surface area (Å²) < 4.78 is 10.1. The van der Waals surface area contributed by atoms with E-state index in [0.29, 0.717) is 11.1 Å². The van der Waals surface area contributed by atoms with Gasteiger partial charge in [0.15, 0.2) is 0 Å². The fraction of sp³-hybridized carbons (Fsp3) is 0.0256. The molecule has 0 aliphatic carbocycles. The van der Waals surface area contributed by atoms with Crippen molar-refractivity contribution in [1.82, 2.24) is 9.13 Å². The van der Waals surface area contributed by atoms with Crippen molar-refractivity contribution in [3.05, 3.63) is 139 Å². The van der Waals surface area contributed by atoms with Gasteiger partial charge in [-0.05, 0) is 83.9 Å². The Labute approximate surface area is 253 Å². The van der Waals surface area contributed by atoms with E-state index in [-0.39, 0.29) is 0 Å². The number of hydrogen-bond donors (Lipinski definition) is 0. The summed E-state index contributed by atoms with van der Waals surface area (Å²) >= 11 is 0. The van der Waals surface area contributed by atoms with Gasteiger partial charge in [-0.1, -0.05) is 54.6 Å². The topological polar surface area (TPSA) is 66.7 Å². The first-order chi connectivity index (χ1) is 21.7. The van der Waals surface area contributed by atoms with Gasteiger partial charge in [-0.25, -0.2) is 0 Å². The van der Waals surface area contributed by atoms with Gasteiger partial charge in [0.1, 0.15) is 11.8 Å². The standard InChI is InChI=1S/C39H24N4O/c1-44-29-16-19-37-33(22-29)39-30(11-7-13-38(39)43(37)34-17-14-25(23-40)20-27(34)24-41)26-15-18-36-32(21-26)31-10-5-6-12-35(31)42(36)28-8-3-2-4-9-28/h2-22H,1H3. The molecular weight excluding hydrogens is 540 g/mol. The molecule has 0 saturated heterocycles. The molecule has 2 aromatic heterocycles. The molecule has 0 aliphatic rings. The van der Waals surface area contributed by atoms with Gasteiger partial charge in [0.2, 0.25) is 0 Å². The number of methoxy groups -OCH3 is 1. The number of rotatable bonds is 4. The number of aromatic nitrogens is 2. The van der Waals surface area contributed by atoms with Crippen LogP contribution in [0.3, 0.4) is 0 Å². The van der Waals surface area contributed by atoms with Crippen molar-refractivity contribution in [2.75, 3.05) is 7.11 Å². The molecule has 0 atom stereocenters. The molecule has 0 amide bonds. The van der Waals surface area contributed by atoms with E-state index < -0.39 is 0 Å². The Morgan fingerprint density at radius 2 is 1.32 bits per heavy atom. The van der Waals surface area contributed by atoms with Gasteiger partial charge < -0.3 is 13.9 Å². The van der Waals surface area contributed by atoms with Gasteiger partial charge in [-0.3, -0.25) is 0 Å². The zero-order valence-electron chi connectivity index (χ0n) is 23.8. The van der Waals surface area contributed by atoms with E-state index >= 15 is 0 Å². The Balaban J connectivity index is 1.44. The Morgan fingerprint density at radius 3 is 2.14 bits per heavy atom. The number of ether oxygens (including phenoxy) is 1. The number of hydrogen-bond acceptors (Lipinski definition) is 3. The van der Waals surface area contributed by atoms with Gasteiger partial charge >= 0.3 is 0 Å². The molecule has 5 nitrogen and oxygen atoms in total. The number of nitrogens with zero attached hydrogens (tertiary/aromatic N) is 4. The SMILES string of the molecule is COc1ccc2c(c1)c1c(-c3ccc4c(c3)c3ccccc3n4-c3ccccc3)cccc1n2-c1ccc(C#N)cc1C#N. The van der Waals surface area contributed by atoms with E-state index in [4.69, 9.17) is 4.74 Å². The van der Waals surface area contributed by atoms with Crippen LogP contribution in [0.15, 0.2) is 127 Å². The molecule has 0 unspecified atom stereocenters. The number of fused-ring (bicyclic) bond motifs is 6. The molecule has 2 heterocycles. The van der Waals surface area contributed by atoms with Crippen LogP contribution in [0, 0.1) is 22.7 Å². The van der Waals surface area contributed by atoms with Crippen LogP contribution in [-0.4, -0.2) is 16.2 Å². The normalized spacial score (nSPS) is 11.2. The smallest absolute Gasteiger partial charge is 0.119 e. The van der Waals surface area contributed by atoms with Gasteiger partial charge in [-0.2, -0.15) is 10.5 Å². The maximum Gasteiger partial charge on any atom is 0.119 e. The van der Waals surface area contributed by atoms with Crippen LogP contribution in [0.5, 0.6) is 5.75 Å². The predicted molar refractivity (Wildman–Crippen MR) is 177 cm³/mol. The molecule has 206 valence electrons. The zero-order valence-corrected chi connectivity index (χ0v) is 23.8. The van der Waals surface area contributed by atoms with E-state index in [9.17, 15) is 10.5 Å². The lowest BCUT2D eigenvalue weighted by Crippen LogP contribution is -1.98. The monoisotopic (exact) mass is 564 g/mol. The molecule has 0 bridgehead atoms. The highest BCUT2D eigenvalue weighted by molar-refractivity contribution is 6.17. The first-order valence-electron chi connectivity index (χ1n) is 14.3. The van der Waals surface area contributed by atoms with Gasteiger partial charge in [0.05, 0.1) is 52.1 Å². The minimum absolute atomic E-state index is 0.444. The highest BCUT2D eigenvalue weighted by atomic mass is 16.5. The molecule has 0 aliphatic heterocycles. The molecule has 0 fully saturated rings. The Morgan fingerprint density at radius 1 is 0.568 bits per heavy atom. The molecule has 8 aromatic rings. The minimum Gasteiger partial charge on any atom is -0.497 e. The van der Waals surface area contributed by atoms with E-state index in [2.05, 4.69) is 112 Å². The third-order valence-electron chi connectivity index (χ3n) is 8.48. The maximum absolute atomic E-state index is 10.1. The molecule has 6 aromatic carbocycles. The minimum atomic E-state index is 0.444. The second kappa shape index (κ2) is 9.91.